The van der Waals surface area contributed by atoms with Gasteiger partial charge in [0.2, 0.25) is 5.36 Å². The molecule has 0 amide bonds. The van der Waals surface area contributed by atoms with Gasteiger partial charge in [-0.15, -0.1) is 11.3 Å². The molecular weight excluding hydrogens is 328 g/mol. The van der Waals surface area contributed by atoms with Gasteiger partial charge < -0.3 is 5.73 Å². The van der Waals surface area contributed by atoms with Gasteiger partial charge in [-0.05, 0) is 45.0 Å². The van der Waals surface area contributed by atoms with Crippen molar-refractivity contribution in [2.24, 2.45) is 0 Å². The fourth-order valence-corrected chi connectivity index (χ4v) is 4.35. The average Bonchev–Trinajstić information content (AvgIpc) is 2.61. The molecule has 2 N–H and O–H groups in total. The fourth-order valence-electron chi connectivity index (χ4n) is 3.27. The molecule has 0 saturated heterocycles. The number of aromatic nitrogens is 2. The van der Waals surface area contributed by atoms with Gasteiger partial charge in [0.25, 0.3) is 0 Å². The van der Waals surface area contributed by atoms with Crippen LogP contribution in [0.25, 0.3) is 31.7 Å². The van der Waals surface area contributed by atoms with E-state index in [1.165, 1.54) is 10.2 Å². The Morgan fingerprint density at radius 3 is 2.56 bits per heavy atom. The summed E-state index contributed by atoms with van der Waals surface area (Å²) in [5.41, 5.74) is 10.8. The van der Waals surface area contributed by atoms with Crippen molar-refractivity contribution in [3.8, 4) is 10.6 Å². The number of fused-ring (bicyclic) bond motifs is 4. The van der Waals surface area contributed by atoms with Crippen LogP contribution in [0, 0.1) is 6.92 Å². The zero-order valence-corrected chi connectivity index (χ0v) is 15.5. The molecule has 4 rings (SSSR count). The quantitative estimate of drug-likeness (QED) is 0.260. The van der Waals surface area contributed by atoms with Crippen LogP contribution in [0.3, 0.4) is 0 Å². The van der Waals surface area contributed by atoms with Gasteiger partial charge in [-0.2, -0.15) is 0 Å². The predicted octanol–water partition coefficient (Wildman–Crippen LogP) is 3.65. The summed E-state index contributed by atoms with van der Waals surface area (Å²) in [7, 11) is 0. The molecule has 2 aromatic rings. The second-order valence-corrected chi connectivity index (χ2v) is 7.28. The van der Waals surface area contributed by atoms with Crippen molar-refractivity contribution < 1.29 is 0 Å². The lowest BCUT2D eigenvalue weighted by Crippen LogP contribution is -2.29. The summed E-state index contributed by atoms with van der Waals surface area (Å²) in [6, 6.07) is 12.6. The number of hydrogen-bond donors (Lipinski definition) is 1. The maximum absolute atomic E-state index is 6.26. The summed E-state index contributed by atoms with van der Waals surface area (Å²) >= 11 is 1.74. The maximum Gasteiger partial charge on any atom is 0.201 e. The molecule has 5 heteroatoms. The molecule has 1 aromatic heterocycles. The van der Waals surface area contributed by atoms with E-state index < -0.39 is 0 Å². The van der Waals surface area contributed by atoms with Gasteiger partial charge in [-0.3, -0.25) is 4.98 Å². The lowest BCUT2D eigenvalue weighted by Gasteiger charge is -2.10. The molecule has 25 heavy (non-hydrogen) atoms. The number of nitrogens with zero attached hydrogens (tertiary/aromatic N) is 3. The molecule has 126 valence electrons. The molecule has 4 nitrogen and oxygen atoms in total. The van der Waals surface area contributed by atoms with E-state index in [0.717, 1.165) is 45.6 Å². The number of nitrogen functional groups attached to an aromatic ring is 1. The van der Waals surface area contributed by atoms with Crippen molar-refractivity contribution in [1.82, 2.24) is 14.5 Å². The first kappa shape index (κ1) is 16.0. The second kappa shape index (κ2) is 6.08. The predicted molar refractivity (Wildman–Crippen MR) is 107 cm³/mol. The number of aryl methyl sites for hydroxylation is 1. The number of benzene rings is 2. The summed E-state index contributed by atoms with van der Waals surface area (Å²) in [5, 5.41) is 2.26. The van der Waals surface area contributed by atoms with E-state index in [1.807, 2.05) is 19.1 Å². The Labute approximate surface area is 150 Å². The smallest absolute Gasteiger partial charge is 0.201 e. The van der Waals surface area contributed by atoms with Crippen LogP contribution in [0.15, 0.2) is 36.4 Å². The molecule has 0 unspecified atom stereocenters. The van der Waals surface area contributed by atoms with Crippen LogP contribution in [-0.4, -0.2) is 23.1 Å². The number of nitrogens with two attached hydrogens (primary N) is 1. The SMILES string of the molecule is CC[N+](CC)=c1ccc2nc3c(cc(N)c4nc(C)ccc43)sc-2c1. The van der Waals surface area contributed by atoms with Crippen molar-refractivity contribution in [3.05, 3.63) is 47.4 Å². The topological polar surface area (TPSA) is 54.8 Å². The molecule has 0 atom stereocenters. The van der Waals surface area contributed by atoms with Crippen LogP contribution in [0.4, 0.5) is 5.69 Å². The van der Waals surface area contributed by atoms with Crippen molar-refractivity contribution in [2.75, 3.05) is 18.8 Å². The van der Waals surface area contributed by atoms with Crippen LogP contribution in [0.1, 0.15) is 19.5 Å². The molecule has 2 aliphatic rings. The van der Waals surface area contributed by atoms with E-state index in [1.54, 1.807) is 11.3 Å². The first-order chi connectivity index (χ1) is 12.1. The Balaban J connectivity index is 2.09. The molecule has 0 bridgehead atoms. The third-order valence-electron chi connectivity index (χ3n) is 4.61. The average molecular weight is 349 g/mol. The zero-order valence-electron chi connectivity index (χ0n) is 14.7. The van der Waals surface area contributed by atoms with E-state index in [9.17, 15) is 0 Å². The molecule has 0 radical (unpaired) electrons. The number of anilines is 1. The minimum absolute atomic E-state index is 0.712. The van der Waals surface area contributed by atoms with E-state index in [-0.39, 0.29) is 0 Å². The monoisotopic (exact) mass is 349 g/mol. The van der Waals surface area contributed by atoms with Gasteiger partial charge in [0.1, 0.15) is 13.1 Å². The lowest BCUT2D eigenvalue weighted by atomic mass is 10.1. The molecular formula is C20H21N4S+. The number of pyridine rings is 1. The summed E-state index contributed by atoms with van der Waals surface area (Å²) < 4.78 is 3.44. The number of rotatable bonds is 2. The highest BCUT2D eigenvalue weighted by Crippen LogP contribution is 2.35. The highest BCUT2D eigenvalue weighted by atomic mass is 32.1. The molecule has 1 aliphatic carbocycles. The molecule has 0 spiro atoms. The Bertz CT molecular complexity index is 1140. The van der Waals surface area contributed by atoms with Crippen molar-refractivity contribution in [3.63, 3.8) is 0 Å². The highest BCUT2D eigenvalue weighted by molar-refractivity contribution is 7.21. The van der Waals surface area contributed by atoms with Crippen molar-refractivity contribution in [2.45, 2.75) is 20.8 Å². The molecule has 2 heterocycles. The van der Waals surface area contributed by atoms with Gasteiger partial charge >= 0.3 is 0 Å². The fraction of sp³-hybridized carbons (Fsp3) is 0.250. The first-order valence-corrected chi connectivity index (χ1v) is 9.40. The van der Waals surface area contributed by atoms with Crippen LogP contribution in [0.2, 0.25) is 0 Å². The Morgan fingerprint density at radius 1 is 1.00 bits per heavy atom. The normalized spacial score (nSPS) is 11.5. The number of hydrogen-bond acceptors (Lipinski definition) is 4. The Kier molecular flexibility index (Phi) is 3.88. The van der Waals surface area contributed by atoms with Gasteiger partial charge in [-0.1, -0.05) is 0 Å². The zero-order chi connectivity index (χ0) is 17.6. The van der Waals surface area contributed by atoms with Gasteiger partial charge in [0.05, 0.1) is 32.0 Å². The summed E-state index contributed by atoms with van der Waals surface area (Å²) in [6.07, 6.45) is 0. The Hall–Kier alpha value is -2.53. The molecule has 0 fully saturated rings. The lowest BCUT2D eigenvalue weighted by molar-refractivity contribution is 0.626. The second-order valence-electron chi connectivity index (χ2n) is 6.20. The molecule has 1 aromatic carbocycles. The molecule has 1 aliphatic heterocycles. The van der Waals surface area contributed by atoms with Gasteiger partial charge in [-0.25, -0.2) is 9.56 Å². The molecule has 0 saturated carbocycles. The summed E-state index contributed by atoms with van der Waals surface area (Å²) in [4.78, 5) is 10.7. The maximum atomic E-state index is 6.26. The van der Waals surface area contributed by atoms with Gasteiger partial charge in [0.15, 0.2) is 0 Å². The van der Waals surface area contributed by atoms with E-state index in [0.29, 0.717) is 5.69 Å². The third kappa shape index (κ3) is 2.65. The minimum atomic E-state index is 0.712. The van der Waals surface area contributed by atoms with Crippen LogP contribution < -0.4 is 15.7 Å². The van der Waals surface area contributed by atoms with E-state index in [2.05, 4.69) is 47.7 Å². The Morgan fingerprint density at radius 2 is 1.80 bits per heavy atom. The van der Waals surface area contributed by atoms with Crippen molar-refractivity contribution in [1.29, 1.82) is 0 Å². The summed E-state index contributed by atoms with van der Waals surface area (Å²) in [5.74, 6) is 0. The van der Waals surface area contributed by atoms with Crippen molar-refractivity contribution >= 4 is 38.1 Å². The van der Waals surface area contributed by atoms with Gasteiger partial charge in [0, 0.05) is 23.2 Å². The van der Waals surface area contributed by atoms with Crippen LogP contribution in [0.5, 0.6) is 0 Å². The van der Waals surface area contributed by atoms with Crippen LogP contribution >= 0.6 is 11.3 Å². The van der Waals surface area contributed by atoms with E-state index in [4.69, 9.17) is 10.7 Å². The minimum Gasteiger partial charge on any atom is -0.397 e. The van der Waals surface area contributed by atoms with Crippen LogP contribution in [-0.2, 0) is 0 Å². The summed E-state index contributed by atoms with van der Waals surface area (Å²) in [6.45, 7) is 8.33. The highest BCUT2D eigenvalue weighted by Gasteiger charge is 2.14. The largest absolute Gasteiger partial charge is 0.397 e. The standard InChI is InChI=1S/C20H20N4S/c1-4-24(5-2)13-7-9-16-17(10-13)25-18-11-15(21)19-14(20(18)23-16)8-6-12(3)22-19/h6-11,21H,4-5H2,1-3H3/p+1. The third-order valence-corrected chi connectivity index (χ3v) is 5.69. The first-order valence-electron chi connectivity index (χ1n) is 8.59. The van der Waals surface area contributed by atoms with E-state index >= 15 is 0 Å².